The maximum atomic E-state index is 10.3. The summed E-state index contributed by atoms with van der Waals surface area (Å²) in [4.78, 5) is 22.6. The van der Waals surface area contributed by atoms with Gasteiger partial charge in [0.2, 0.25) is 0 Å². The molecule has 0 fully saturated rings. The molecule has 0 saturated heterocycles. The van der Waals surface area contributed by atoms with Crippen LogP contribution in [0.4, 0.5) is 9.59 Å². The van der Waals surface area contributed by atoms with Crippen LogP contribution in [0, 0.1) is 0 Å². The first-order chi connectivity index (χ1) is 12.4. The van der Waals surface area contributed by atoms with E-state index in [1.165, 1.54) is 35.7 Å². The third kappa shape index (κ3) is 12.1. The molecule has 0 bridgehead atoms. The fourth-order valence-electron chi connectivity index (χ4n) is 1.21. The van der Waals surface area contributed by atoms with Crippen molar-refractivity contribution in [3.8, 4) is 0 Å². The van der Waals surface area contributed by atoms with Gasteiger partial charge in [-0.05, 0) is 45.9 Å². The number of benzene rings is 2. The SMILES string of the molecule is CN(SSc1ccccc1)C(=O)[O-].CN(SSc1ccccc1)C(=O)[O-].[Zn+2]. The van der Waals surface area contributed by atoms with Gasteiger partial charge in [0, 0.05) is 45.8 Å². The first-order valence-corrected chi connectivity index (χ1v) is 11.3. The van der Waals surface area contributed by atoms with Gasteiger partial charge in [0.05, 0.1) is 0 Å². The van der Waals surface area contributed by atoms with Gasteiger partial charge in [-0.25, -0.2) is 0 Å². The molecule has 2 amide bonds. The molecule has 0 atom stereocenters. The predicted molar refractivity (Wildman–Crippen MR) is 106 cm³/mol. The third-order valence-corrected chi connectivity index (χ3v) is 7.26. The molecular formula is C16H16N2O4S4Zn. The maximum absolute atomic E-state index is 10.3. The van der Waals surface area contributed by atoms with E-state index in [0.717, 1.165) is 40.4 Å². The minimum absolute atomic E-state index is 0. The summed E-state index contributed by atoms with van der Waals surface area (Å²) in [5.41, 5.74) is 0. The normalized spacial score (nSPS) is 9.26. The van der Waals surface area contributed by atoms with Gasteiger partial charge in [-0.3, -0.25) is 8.61 Å². The fraction of sp³-hybridized carbons (Fsp3) is 0.125. The standard InChI is InChI=1S/2C8H9NO2S2.Zn/c2*1-9(8(10)11)13-12-7-5-3-2-4-6-7;/h2*2-6H,1H3,(H,10,11);/q;;+2/p-2. The van der Waals surface area contributed by atoms with Crippen LogP contribution < -0.4 is 10.2 Å². The number of carbonyl (C=O) groups excluding carboxylic acids is 2. The van der Waals surface area contributed by atoms with Gasteiger partial charge in [-0.1, -0.05) is 36.4 Å². The maximum Gasteiger partial charge on any atom is 2.00 e. The van der Waals surface area contributed by atoms with Gasteiger partial charge in [0.1, 0.15) is 12.2 Å². The van der Waals surface area contributed by atoms with Gasteiger partial charge in [-0.15, -0.1) is 0 Å². The van der Waals surface area contributed by atoms with Gasteiger partial charge in [0.15, 0.2) is 0 Å². The van der Waals surface area contributed by atoms with Gasteiger partial charge >= 0.3 is 19.5 Å². The Morgan fingerprint density at radius 3 is 1.26 bits per heavy atom. The van der Waals surface area contributed by atoms with Crippen molar-refractivity contribution in [3.05, 3.63) is 60.7 Å². The summed E-state index contributed by atoms with van der Waals surface area (Å²) in [5.74, 6) is 0. The first-order valence-electron chi connectivity index (χ1n) is 7.09. The average molecular weight is 494 g/mol. The Hall–Kier alpha value is -0.997. The van der Waals surface area contributed by atoms with Gasteiger partial charge < -0.3 is 19.8 Å². The summed E-state index contributed by atoms with van der Waals surface area (Å²) < 4.78 is 2.11. The van der Waals surface area contributed by atoms with Gasteiger partial charge in [-0.2, -0.15) is 0 Å². The molecule has 0 aliphatic rings. The molecule has 2 rings (SSSR count). The number of hydrogen-bond donors (Lipinski definition) is 0. The quantitative estimate of drug-likeness (QED) is 0.344. The molecule has 0 heterocycles. The monoisotopic (exact) mass is 492 g/mol. The van der Waals surface area contributed by atoms with Crippen molar-refractivity contribution in [2.75, 3.05) is 14.1 Å². The summed E-state index contributed by atoms with van der Waals surface area (Å²) in [6, 6.07) is 19.1. The Kier molecular flexibility index (Phi) is 14.4. The van der Waals surface area contributed by atoms with Crippen molar-refractivity contribution in [1.29, 1.82) is 0 Å². The number of nitrogens with zero attached hydrogens (tertiary/aromatic N) is 2. The molecule has 0 spiro atoms. The van der Waals surface area contributed by atoms with Crippen molar-refractivity contribution in [1.82, 2.24) is 8.61 Å². The summed E-state index contributed by atoms with van der Waals surface area (Å²) in [5, 5.41) is 20.6. The molecule has 140 valence electrons. The van der Waals surface area contributed by atoms with Crippen molar-refractivity contribution >= 4 is 55.7 Å². The van der Waals surface area contributed by atoms with E-state index in [2.05, 4.69) is 0 Å². The summed E-state index contributed by atoms with van der Waals surface area (Å²) in [7, 11) is 7.92. The Labute approximate surface area is 187 Å². The van der Waals surface area contributed by atoms with Crippen molar-refractivity contribution < 1.29 is 39.3 Å². The van der Waals surface area contributed by atoms with Crippen LogP contribution in [0.3, 0.4) is 0 Å². The van der Waals surface area contributed by atoms with Crippen LogP contribution in [0.2, 0.25) is 0 Å². The summed E-state index contributed by atoms with van der Waals surface area (Å²) in [6.45, 7) is 0. The molecule has 11 heteroatoms. The number of amides is 2. The van der Waals surface area contributed by atoms with Crippen LogP contribution in [0.15, 0.2) is 70.5 Å². The van der Waals surface area contributed by atoms with Crippen molar-refractivity contribution in [2.24, 2.45) is 0 Å². The zero-order chi connectivity index (χ0) is 19.4. The van der Waals surface area contributed by atoms with Crippen LogP contribution >= 0.6 is 43.5 Å². The van der Waals surface area contributed by atoms with E-state index in [1.54, 1.807) is 0 Å². The number of rotatable bonds is 6. The van der Waals surface area contributed by atoms with E-state index >= 15 is 0 Å². The van der Waals surface area contributed by atoms with Crippen molar-refractivity contribution in [3.63, 3.8) is 0 Å². The van der Waals surface area contributed by atoms with E-state index in [0.29, 0.717) is 0 Å². The minimum Gasteiger partial charge on any atom is -0.529 e. The fourth-order valence-corrected chi connectivity index (χ4v) is 4.48. The third-order valence-electron chi connectivity index (χ3n) is 2.49. The van der Waals surface area contributed by atoms with Crippen molar-refractivity contribution in [2.45, 2.75) is 9.79 Å². The van der Waals surface area contributed by atoms with E-state index in [4.69, 9.17) is 0 Å². The largest absolute Gasteiger partial charge is 2.00 e. The van der Waals surface area contributed by atoms with Crippen LogP contribution in [-0.4, -0.2) is 34.9 Å². The molecule has 0 N–H and O–H groups in total. The minimum atomic E-state index is -1.19. The molecule has 27 heavy (non-hydrogen) atoms. The first kappa shape index (κ1) is 26.0. The molecule has 0 radical (unpaired) electrons. The second-order valence-electron chi connectivity index (χ2n) is 4.47. The Bertz CT molecular complexity index is 623. The molecule has 0 aliphatic heterocycles. The molecule has 0 aromatic heterocycles. The molecular weight excluding hydrogens is 478 g/mol. The zero-order valence-electron chi connectivity index (χ0n) is 14.6. The van der Waals surface area contributed by atoms with Gasteiger partial charge in [0.25, 0.3) is 0 Å². The molecule has 2 aromatic carbocycles. The van der Waals surface area contributed by atoms with Crippen LogP contribution in [0.25, 0.3) is 0 Å². The Balaban J connectivity index is 0.000000483. The van der Waals surface area contributed by atoms with E-state index in [9.17, 15) is 19.8 Å². The summed E-state index contributed by atoms with van der Waals surface area (Å²) in [6.07, 6.45) is -2.37. The predicted octanol–water partition coefficient (Wildman–Crippen LogP) is 3.23. The zero-order valence-corrected chi connectivity index (χ0v) is 20.9. The topological polar surface area (TPSA) is 86.7 Å². The van der Waals surface area contributed by atoms with Crippen LogP contribution in [-0.2, 0) is 19.5 Å². The van der Waals surface area contributed by atoms with Crippen LogP contribution in [0.5, 0.6) is 0 Å². The Morgan fingerprint density at radius 2 is 1.00 bits per heavy atom. The van der Waals surface area contributed by atoms with E-state index in [-0.39, 0.29) is 19.5 Å². The molecule has 0 unspecified atom stereocenters. The van der Waals surface area contributed by atoms with E-state index in [1.807, 2.05) is 60.7 Å². The number of carboxylic acid groups (broad SMARTS) is 2. The van der Waals surface area contributed by atoms with Crippen LogP contribution in [0.1, 0.15) is 0 Å². The van der Waals surface area contributed by atoms with E-state index < -0.39 is 12.2 Å². The Morgan fingerprint density at radius 1 is 0.704 bits per heavy atom. The molecule has 0 saturated carbocycles. The molecule has 6 nitrogen and oxygen atoms in total. The second-order valence-corrected chi connectivity index (χ2v) is 9.03. The number of carbonyl (C=O) groups is 2. The smallest absolute Gasteiger partial charge is 0.529 e. The average Bonchev–Trinajstić information content (AvgIpc) is 2.66. The summed E-state index contributed by atoms with van der Waals surface area (Å²) >= 11 is 0. The molecule has 0 aliphatic carbocycles. The number of hydrogen-bond acceptors (Lipinski definition) is 8. The second kappa shape index (κ2) is 15.0. The molecule has 2 aromatic rings.